The number of ether oxygens (including phenoxy) is 3. The Morgan fingerprint density at radius 3 is 2.43 bits per heavy atom. The molecular formula is C24H32N2O4. The second kappa shape index (κ2) is 11.0. The first-order valence-corrected chi connectivity index (χ1v) is 10.5. The van der Waals surface area contributed by atoms with E-state index in [1.807, 2.05) is 18.2 Å². The molecule has 0 radical (unpaired) electrons. The third kappa shape index (κ3) is 5.97. The molecule has 3 rings (SSSR count). The van der Waals surface area contributed by atoms with Gasteiger partial charge in [0.2, 0.25) is 5.91 Å². The molecule has 2 aromatic carbocycles. The maximum absolute atomic E-state index is 12.5. The third-order valence-electron chi connectivity index (χ3n) is 5.53. The summed E-state index contributed by atoms with van der Waals surface area (Å²) >= 11 is 0. The number of nitrogens with zero attached hydrogens (tertiary/aromatic N) is 1. The molecule has 30 heavy (non-hydrogen) atoms. The Hall–Kier alpha value is -2.57. The first kappa shape index (κ1) is 22.1. The monoisotopic (exact) mass is 412 g/mol. The van der Waals surface area contributed by atoms with Crippen molar-refractivity contribution in [3.63, 3.8) is 0 Å². The molecule has 1 fully saturated rings. The van der Waals surface area contributed by atoms with Crippen LogP contribution in [-0.4, -0.2) is 57.9 Å². The van der Waals surface area contributed by atoms with E-state index in [9.17, 15) is 4.79 Å². The molecule has 1 aliphatic heterocycles. The molecule has 1 aliphatic rings. The molecule has 1 amide bonds. The molecule has 0 bridgehead atoms. The summed E-state index contributed by atoms with van der Waals surface area (Å²) in [6.45, 7) is 5.67. The van der Waals surface area contributed by atoms with Crippen molar-refractivity contribution in [1.82, 2.24) is 10.2 Å². The largest absolute Gasteiger partial charge is 0.493 e. The minimum absolute atomic E-state index is 0.0528. The zero-order chi connectivity index (χ0) is 21.3. The fourth-order valence-corrected chi connectivity index (χ4v) is 3.72. The third-order valence-corrected chi connectivity index (χ3v) is 5.53. The van der Waals surface area contributed by atoms with Crippen LogP contribution in [0.15, 0.2) is 42.5 Å². The highest BCUT2D eigenvalue weighted by Gasteiger charge is 2.24. The number of hydrogen-bond acceptors (Lipinski definition) is 5. The fraction of sp³-hybridized carbons (Fsp3) is 0.458. The SMILES string of the molecule is COc1ccc(C(CNC(=O)CCc2ccc(C)cc2)N2CCOCC2)cc1OC. The fourth-order valence-electron chi connectivity index (χ4n) is 3.72. The summed E-state index contributed by atoms with van der Waals surface area (Å²) in [5, 5.41) is 3.13. The topological polar surface area (TPSA) is 60.0 Å². The lowest BCUT2D eigenvalue weighted by Gasteiger charge is -2.35. The van der Waals surface area contributed by atoms with Gasteiger partial charge in [-0.3, -0.25) is 9.69 Å². The Balaban J connectivity index is 1.65. The Morgan fingerprint density at radius 1 is 1.07 bits per heavy atom. The molecule has 1 N–H and O–H groups in total. The van der Waals surface area contributed by atoms with Crippen molar-refractivity contribution in [1.29, 1.82) is 0 Å². The molecule has 6 heteroatoms. The molecular weight excluding hydrogens is 380 g/mol. The molecule has 0 spiro atoms. The van der Waals surface area contributed by atoms with E-state index in [-0.39, 0.29) is 11.9 Å². The van der Waals surface area contributed by atoms with Crippen molar-refractivity contribution in [3.05, 3.63) is 59.2 Å². The van der Waals surface area contributed by atoms with Gasteiger partial charge in [0.25, 0.3) is 0 Å². The summed E-state index contributed by atoms with van der Waals surface area (Å²) in [7, 11) is 3.27. The average molecular weight is 413 g/mol. The maximum atomic E-state index is 12.5. The summed E-state index contributed by atoms with van der Waals surface area (Å²) in [5.74, 6) is 1.46. The van der Waals surface area contributed by atoms with Gasteiger partial charge in [0.1, 0.15) is 0 Å². The quantitative estimate of drug-likeness (QED) is 0.686. The van der Waals surface area contributed by atoms with Crippen LogP contribution in [-0.2, 0) is 16.0 Å². The minimum atomic E-state index is 0.0528. The molecule has 2 aromatic rings. The number of nitrogens with one attached hydrogen (secondary N) is 1. The lowest BCUT2D eigenvalue weighted by molar-refractivity contribution is -0.121. The predicted molar refractivity (Wildman–Crippen MR) is 117 cm³/mol. The summed E-state index contributed by atoms with van der Waals surface area (Å²) in [6.07, 6.45) is 1.22. The lowest BCUT2D eigenvalue weighted by Crippen LogP contribution is -2.43. The molecule has 0 saturated carbocycles. The van der Waals surface area contributed by atoms with Crippen LogP contribution >= 0.6 is 0 Å². The van der Waals surface area contributed by atoms with Gasteiger partial charge >= 0.3 is 0 Å². The highest BCUT2D eigenvalue weighted by atomic mass is 16.5. The van der Waals surface area contributed by atoms with Gasteiger partial charge in [0.05, 0.1) is 33.5 Å². The van der Waals surface area contributed by atoms with E-state index in [4.69, 9.17) is 14.2 Å². The van der Waals surface area contributed by atoms with Crippen LogP contribution < -0.4 is 14.8 Å². The van der Waals surface area contributed by atoms with Gasteiger partial charge in [0, 0.05) is 26.1 Å². The Morgan fingerprint density at radius 2 is 1.77 bits per heavy atom. The first-order chi connectivity index (χ1) is 14.6. The molecule has 1 saturated heterocycles. The molecule has 1 atom stereocenters. The number of rotatable bonds is 9. The first-order valence-electron chi connectivity index (χ1n) is 10.5. The lowest BCUT2D eigenvalue weighted by atomic mass is 10.0. The highest BCUT2D eigenvalue weighted by molar-refractivity contribution is 5.76. The van der Waals surface area contributed by atoms with Crippen molar-refractivity contribution in [2.24, 2.45) is 0 Å². The summed E-state index contributed by atoms with van der Waals surface area (Å²) in [6, 6.07) is 14.3. The van der Waals surface area contributed by atoms with E-state index in [0.717, 1.165) is 25.1 Å². The zero-order valence-electron chi connectivity index (χ0n) is 18.1. The number of morpholine rings is 1. The Labute approximate surface area is 179 Å². The van der Waals surface area contributed by atoms with Crippen LogP contribution in [0.25, 0.3) is 0 Å². The van der Waals surface area contributed by atoms with E-state index in [1.54, 1.807) is 14.2 Å². The van der Waals surface area contributed by atoms with Crippen molar-refractivity contribution in [3.8, 4) is 11.5 Å². The maximum Gasteiger partial charge on any atom is 0.220 e. The van der Waals surface area contributed by atoms with E-state index in [0.29, 0.717) is 37.7 Å². The van der Waals surface area contributed by atoms with E-state index in [1.165, 1.54) is 11.1 Å². The second-order valence-electron chi connectivity index (χ2n) is 7.57. The predicted octanol–water partition coefficient (Wildman–Crippen LogP) is 3.13. The smallest absolute Gasteiger partial charge is 0.220 e. The number of carbonyl (C=O) groups is 1. The van der Waals surface area contributed by atoms with Crippen LogP contribution in [0.4, 0.5) is 0 Å². The normalized spacial score (nSPS) is 15.4. The Kier molecular flexibility index (Phi) is 8.11. The van der Waals surface area contributed by atoms with Gasteiger partial charge in [-0.2, -0.15) is 0 Å². The summed E-state index contributed by atoms with van der Waals surface area (Å²) in [5.41, 5.74) is 3.50. The minimum Gasteiger partial charge on any atom is -0.493 e. The highest BCUT2D eigenvalue weighted by Crippen LogP contribution is 2.32. The van der Waals surface area contributed by atoms with Crippen molar-refractivity contribution >= 4 is 5.91 Å². The van der Waals surface area contributed by atoms with Crippen molar-refractivity contribution in [2.45, 2.75) is 25.8 Å². The second-order valence-corrected chi connectivity index (χ2v) is 7.57. The number of amides is 1. The van der Waals surface area contributed by atoms with Gasteiger partial charge in [-0.05, 0) is 36.6 Å². The van der Waals surface area contributed by atoms with Gasteiger partial charge < -0.3 is 19.5 Å². The zero-order valence-corrected chi connectivity index (χ0v) is 18.1. The number of methoxy groups -OCH3 is 2. The molecule has 6 nitrogen and oxygen atoms in total. The Bertz CT molecular complexity index is 816. The van der Waals surface area contributed by atoms with E-state index >= 15 is 0 Å². The number of benzene rings is 2. The van der Waals surface area contributed by atoms with Crippen LogP contribution in [0.3, 0.4) is 0 Å². The molecule has 0 aromatic heterocycles. The van der Waals surface area contributed by atoms with Crippen LogP contribution in [0.1, 0.15) is 29.2 Å². The van der Waals surface area contributed by atoms with Crippen LogP contribution in [0.2, 0.25) is 0 Å². The molecule has 1 unspecified atom stereocenters. The van der Waals surface area contributed by atoms with E-state index < -0.39 is 0 Å². The van der Waals surface area contributed by atoms with Gasteiger partial charge in [0.15, 0.2) is 11.5 Å². The van der Waals surface area contributed by atoms with Crippen molar-refractivity contribution < 1.29 is 19.0 Å². The van der Waals surface area contributed by atoms with E-state index in [2.05, 4.69) is 41.4 Å². The number of carbonyl (C=O) groups excluding carboxylic acids is 1. The summed E-state index contributed by atoms with van der Waals surface area (Å²) in [4.78, 5) is 14.9. The van der Waals surface area contributed by atoms with Gasteiger partial charge in [-0.25, -0.2) is 0 Å². The van der Waals surface area contributed by atoms with Gasteiger partial charge in [-0.1, -0.05) is 35.9 Å². The van der Waals surface area contributed by atoms with Crippen LogP contribution in [0.5, 0.6) is 11.5 Å². The average Bonchev–Trinajstić information content (AvgIpc) is 2.79. The molecule has 162 valence electrons. The van der Waals surface area contributed by atoms with Crippen LogP contribution in [0, 0.1) is 6.92 Å². The number of aryl methyl sites for hydroxylation is 2. The summed E-state index contributed by atoms with van der Waals surface area (Å²) < 4.78 is 16.4. The standard InChI is InChI=1S/C24H32N2O4/c1-18-4-6-19(7-5-18)8-11-24(27)25-17-21(26-12-14-30-15-13-26)20-9-10-22(28-2)23(16-20)29-3/h4-7,9-10,16,21H,8,11-15,17H2,1-3H3,(H,25,27). The molecule has 0 aliphatic carbocycles. The number of hydrogen-bond donors (Lipinski definition) is 1. The van der Waals surface area contributed by atoms with Crippen molar-refractivity contribution in [2.75, 3.05) is 47.1 Å². The van der Waals surface area contributed by atoms with Gasteiger partial charge in [-0.15, -0.1) is 0 Å². The molecule has 1 heterocycles.